The molecule has 2 aromatic rings. The van der Waals surface area contributed by atoms with Crippen LogP contribution in [0.2, 0.25) is 5.02 Å². The van der Waals surface area contributed by atoms with Crippen LogP contribution in [0.3, 0.4) is 0 Å². The molecular formula is C28H33ClF5N5O3. The normalized spacial score (nSPS) is 19.8. The van der Waals surface area contributed by atoms with Crippen LogP contribution < -0.4 is 20.9 Å². The summed E-state index contributed by atoms with van der Waals surface area (Å²) >= 11 is 6.16. The van der Waals surface area contributed by atoms with E-state index in [0.717, 1.165) is 18.9 Å². The Bertz CT molecular complexity index is 1270. The standard InChI is InChI=1S/C28H33ClF5N5O3/c29-18-6-8-20(22(15-18)39-13-11-38(12-14-39)10-9-28(32,33)34)36-26(41)19-7-5-17(24(30)25(19)31)16-35-27(42)37-21-3-1-2-4-23(21)40/h5-8,15,21,23,40H,1-4,9-14,16H2,(H,36,41)(H2,35,37,42)/t21-,23-/m1/s1. The van der Waals surface area contributed by atoms with E-state index in [4.69, 9.17) is 11.6 Å². The predicted molar refractivity (Wildman–Crippen MR) is 149 cm³/mol. The molecule has 8 nitrogen and oxygen atoms in total. The number of anilines is 2. The zero-order valence-corrected chi connectivity index (χ0v) is 23.5. The molecule has 230 valence electrons. The lowest BCUT2D eigenvalue weighted by Gasteiger charge is -2.37. The Hall–Kier alpha value is -3.16. The number of carbonyl (C=O) groups excluding carboxylic acids is 2. The van der Waals surface area contributed by atoms with Gasteiger partial charge in [-0.15, -0.1) is 0 Å². The highest BCUT2D eigenvalue weighted by atomic mass is 35.5. The maximum atomic E-state index is 15.0. The first-order valence-electron chi connectivity index (χ1n) is 13.8. The smallest absolute Gasteiger partial charge is 0.390 e. The lowest BCUT2D eigenvalue weighted by atomic mass is 9.93. The van der Waals surface area contributed by atoms with Gasteiger partial charge in [0.2, 0.25) is 0 Å². The number of nitrogens with zero attached hydrogens (tertiary/aromatic N) is 2. The minimum atomic E-state index is -4.24. The number of benzene rings is 2. The molecule has 2 atom stereocenters. The summed E-state index contributed by atoms with van der Waals surface area (Å²) in [5.74, 6) is -3.59. The van der Waals surface area contributed by atoms with Gasteiger partial charge in [0, 0.05) is 49.9 Å². The minimum absolute atomic E-state index is 0.110. The molecule has 14 heteroatoms. The van der Waals surface area contributed by atoms with Crippen molar-refractivity contribution in [2.24, 2.45) is 0 Å². The Labute approximate surface area is 245 Å². The van der Waals surface area contributed by atoms with Gasteiger partial charge in [-0.2, -0.15) is 13.2 Å². The number of amides is 3. The Morgan fingerprint density at radius 3 is 2.40 bits per heavy atom. The molecule has 4 rings (SSSR count). The van der Waals surface area contributed by atoms with E-state index in [1.54, 1.807) is 11.0 Å². The minimum Gasteiger partial charge on any atom is -0.391 e. The van der Waals surface area contributed by atoms with Crippen LogP contribution in [0.1, 0.15) is 48.0 Å². The molecule has 1 saturated heterocycles. The summed E-state index contributed by atoms with van der Waals surface area (Å²) in [7, 11) is 0. The number of piperazine rings is 1. The lowest BCUT2D eigenvalue weighted by molar-refractivity contribution is -0.138. The number of alkyl halides is 3. The van der Waals surface area contributed by atoms with Gasteiger partial charge in [-0.05, 0) is 37.1 Å². The fourth-order valence-corrected chi connectivity index (χ4v) is 5.30. The molecule has 0 spiro atoms. The highest BCUT2D eigenvalue weighted by Crippen LogP contribution is 2.31. The van der Waals surface area contributed by atoms with Gasteiger partial charge in [-0.25, -0.2) is 13.6 Å². The Morgan fingerprint density at radius 2 is 1.71 bits per heavy atom. The average Bonchev–Trinajstić information content (AvgIpc) is 2.95. The van der Waals surface area contributed by atoms with Gasteiger partial charge in [0.25, 0.3) is 5.91 Å². The van der Waals surface area contributed by atoms with Gasteiger partial charge in [0.15, 0.2) is 11.6 Å². The van der Waals surface area contributed by atoms with Crippen molar-refractivity contribution in [3.63, 3.8) is 0 Å². The van der Waals surface area contributed by atoms with E-state index in [9.17, 15) is 36.6 Å². The van der Waals surface area contributed by atoms with Crippen LogP contribution in [-0.2, 0) is 6.54 Å². The summed E-state index contributed by atoms with van der Waals surface area (Å²) in [4.78, 5) is 28.7. The largest absolute Gasteiger partial charge is 0.391 e. The first-order valence-corrected chi connectivity index (χ1v) is 14.1. The van der Waals surface area contributed by atoms with Crippen molar-refractivity contribution >= 4 is 34.9 Å². The predicted octanol–water partition coefficient (Wildman–Crippen LogP) is 5.05. The second-order valence-electron chi connectivity index (χ2n) is 10.5. The van der Waals surface area contributed by atoms with Crippen molar-refractivity contribution < 1.29 is 36.6 Å². The second-order valence-corrected chi connectivity index (χ2v) is 10.9. The molecule has 1 aliphatic heterocycles. The molecule has 4 N–H and O–H groups in total. The number of rotatable bonds is 8. The summed E-state index contributed by atoms with van der Waals surface area (Å²) in [6, 6.07) is 5.89. The zero-order chi connectivity index (χ0) is 30.4. The number of aliphatic hydroxyl groups excluding tert-OH is 1. The molecule has 0 bridgehead atoms. The summed E-state index contributed by atoms with van der Waals surface area (Å²) in [5.41, 5.74) is 0.0604. The molecule has 2 aliphatic rings. The molecule has 0 unspecified atom stereocenters. The fourth-order valence-electron chi connectivity index (χ4n) is 5.13. The number of urea groups is 1. The van der Waals surface area contributed by atoms with Crippen LogP contribution in [0.5, 0.6) is 0 Å². The third-order valence-electron chi connectivity index (χ3n) is 7.52. The summed E-state index contributed by atoms with van der Waals surface area (Å²) in [5, 5.41) is 18.0. The van der Waals surface area contributed by atoms with Crippen LogP contribution in [0, 0.1) is 11.6 Å². The molecule has 1 heterocycles. The average molecular weight is 618 g/mol. The van der Waals surface area contributed by atoms with Crippen LogP contribution in [0.15, 0.2) is 30.3 Å². The van der Waals surface area contributed by atoms with E-state index in [0.29, 0.717) is 49.7 Å². The number of aliphatic hydroxyl groups is 1. The molecule has 0 aromatic heterocycles. The SMILES string of the molecule is O=C(NCc1ccc(C(=O)Nc2ccc(Cl)cc2N2CCN(CCC(F)(F)F)CC2)c(F)c1F)N[C@@H]1CCCC[C@H]1O. The third-order valence-corrected chi connectivity index (χ3v) is 7.76. The first kappa shape index (κ1) is 31.8. The molecule has 2 aromatic carbocycles. The maximum Gasteiger partial charge on any atom is 0.390 e. The number of nitrogens with one attached hydrogen (secondary N) is 3. The van der Waals surface area contributed by atoms with Crippen molar-refractivity contribution in [2.45, 2.75) is 57.0 Å². The van der Waals surface area contributed by atoms with E-state index in [2.05, 4.69) is 16.0 Å². The Balaban J connectivity index is 1.38. The summed E-state index contributed by atoms with van der Waals surface area (Å²) < 4.78 is 67.6. The van der Waals surface area contributed by atoms with Crippen LogP contribution in [0.4, 0.5) is 38.1 Å². The quantitative estimate of drug-likeness (QED) is 0.311. The fraction of sp³-hybridized carbons (Fsp3) is 0.500. The van der Waals surface area contributed by atoms with E-state index in [-0.39, 0.29) is 24.3 Å². The molecule has 1 saturated carbocycles. The number of halogens is 6. The number of hydrogen-bond acceptors (Lipinski definition) is 5. The van der Waals surface area contributed by atoms with Gasteiger partial charge >= 0.3 is 12.2 Å². The Kier molecular flexibility index (Phi) is 10.5. The van der Waals surface area contributed by atoms with E-state index in [1.165, 1.54) is 18.2 Å². The van der Waals surface area contributed by atoms with Gasteiger partial charge in [0.1, 0.15) is 0 Å². The molecular weight excluding hydrogens is 585 g/mol. The monoisotopic (exact) mass is 617 g/mol. The topological polar surface area (TPSA) is 96.9 Å². The highest BCUT2D eigenvalue weighted by Gasteiger charge is 2.29. The molecule has 42 heavy (non-hydrogen) atoms. The Morgan fingerprint density at radius 1 is 1.00 bits per heavy atom. The van der Waals surface area contributed by atoms with E-state index < -0.39 is 53.9 Å². The van der Waals surface area contributed by atoms with Gasteiger partial charge in [0.05, 0.1) is 35.5 Å². The molecule has 0 radical (unpaired) electrons. The van der Waals surface area contributed by atoms with Crippen LogP contribution in [0.25, 0.3) is 0 Å². The van der Waals surface area contributed by atoms with Crippen molar-refractivity contribution in [3.05, 3.63) is 58.1 Å². The molecule has 1 aliphatic carbocycles. The van der Waals surface area contributed by atoms with Crippen molar-refractivity contribution in [1.29, 1.82) is 0 Å². The van der Waals surface area contributed by atoms with Crippen LogP contribution >= 0.6 is 11.6 Å². The van der Waals surface area contributed by atoms with E-state index in [1.807, 2.05) is 4.90 Å². The van der Waals surface area contributed by atoms with Crippen molar-refractivity contribution in [1.82, 2.24) is 15.5 Å². The van der Waals surface area contributed by atoms with Gasteiger partial charge in [-0.1, -0.05) is 30.5 Å². The lowest BCUT2D eigenvalue weighted by Crippen LogP contribution is -2.48. The first-order chi connectivity index (χ1) is 19.9. The third kappa shape index (κ3) is 8.45. The number of carbonyl (C=O) groups is 2. The summed E-state index contributed by atoms with van der Waals surface area (Å²) in [6.07, 6.45) is -2.87. The van der Waals surface area contributed by atoms with Crippen molar-refractivity contribution in [2.75, 3.05) is 42.9 Å². The van der Waals surface area contributed by atoms with E-state index >= 15 is 0 Å². The molecule has 2 fully saturated rings. The van der Waals surface area contributed by atoms with Gasteiger partial charge in [-0.3, -0.25) is 9.69 Å². The summed E-state index contributed by atoms with van der Waals surface area (Å²) in [6.45, 7) is 1.03. The van der Waals surface area contributed by atoms with Crippen molar-refractivity contribution in [3.8, 4) is 0 Å². The van der Waals surface area contributed by atoms with Gasteiger partial charge < -0.3 is 26.0 Å². The number of hydrogen-bond donors (Lipinski definition) is 4. The highest BCUT2D eigenvalue weighted by molar-refractivity contribution is 6.31. The zero-order valence-electron chi connectivity index (χ0n) is 22.7. The maximum absolute atomic E-state index is 15.0. The molecule has 3 amide bonds. The second kappa shape index (κ2) is 13.9. The van der Waals surface area contributed by atoms with Crippen LogP contribution in [-0.4, -0.2) is 73.0 Å².